The molecule has 0 saturated heterocycles. The Morgan fingerprint density at radius 3 is 2.61 bits per heavy atom. The number of rotatable bonds is 5. The van der Waals surface area contributed by atoms with E-state index in [9.17, 15) is 0 Å². The van der Waals surface area contributed by atoms with Crippen LogP contribution in [0, 0.1) is 5.92 Å². The number of pyridine rings is 1. The lowest BCUT2D eigenvalue weighted by atomic mass is 9.96. The number of aromatic nitrogens is 4. The molecule has 154 valence electrons. The van der Waals surface area contributed by atoms with E-state index >= 15 is 0 Å². The predicted molar refractivity (Wildman–Crippen MR) is 127 cm³/mol. The van der Waals surface area contributed by atoms with E-state index < -0.39 is 0 Å². The van der Waals surface area contributed by atoms with Gasteiger partial charge in [0, 0.05) is 54.8 Å². The Morgan fingerprint density at radius 2 is 1.81 bits per heavy atom. The van der Waals surface area contributed by atoms with Crippen molar-refractivity contribution in [3.8, 4) is 11.1 Å². The first-order valence-electron chi connectivity index (χ1n) is 10.6. The molecule has 1 N–H and O–H groups in total. The van der Waals surface area contributed by atoms with E-state index in [0.29, 0.717) is 5.92 Å². The molecule has 2 aromatic carbocycles. The zero-order chi connectivity index (χ0) is 21.4. The van der Waals surface area contributed by atoms with E-state index in [-0.39, 0.29) is 6.04 Å². The van der Waals surface area contributed by atoms with Crippen LogP contribution in [0.25, 0.3) is 33.1 Å². The van der Waals surface area contributed by atoms with Crippen LogP contribution < -0.4 is 5.32 Å². The van der Waals surface area contributed by atoms with Gasteiger partial charge in [0.1, 0.15) is 0 Å². The summed E-state index contributed by atoms with van der Waals surface area (Å²) in [5.74, 6) is 0.393. The Balaban J connectivity index is 1.64. The zero-order valence-electron chi connectivity index (χ0n) is 17.9. The normalized spacial score (nSPS) is 12.5. The summed E-state index contributed by atoms with van der Waals surface area (Å²) in [4.78, 5) is 13.6. The van der Waals surface area contributed by atoms with E-state index in [0.717, 1.165) is 27.8 Å². The fraction of sp³-hybridized carbons (Fsp3) is 0.192. The van der Waals surface area contributed by atoms with Gasteiger partial charge in [0.05, 0.1) is 17.1 Å². The number of aryl methyl sites for hydroxylation is 1. The molecule has 3 heterocycles. The van der Waals surface area contributed by atoms with E-state index in [2.05, 4.69) is 94.4 Å². The summed E-state index contributed by atoms with van der Waals surface area (Å²) in [6.07, 6.45) is 9.34. The summed E-state index contributed by atoms with van der Waals surface area (Å²) in [7, 11) is 2.07. The lowest BCUT2D eigenvalue weighted by Gasteiger charge is -2.24. The topological polar surface area (TPSA) is 55.6 Å². The highest BCUT2D eigenvalue weighted by Gasteiger charge is 2.18. The minimum absolute atomic E-state index is 0.144. The van der Waals surface area contributed by atoms with Gasteiger partial charge in [-0.3, -0.25) is 15.0 Å². The molecule has 0 radical (unpaired) electrons. The number of hydrogen-bond acceptors (Lipinski definition) is 4. The molecule has 0 amide bonds. The van der Waals surface area contributed by atoms with Crippen molar-refractivity contribution in [2.24, 2.45) is 13.0 Å². The largest absolute Gasteiger partial charge is 0.378 e. The van der Waals surface area contributed by atoms with E-state index in [1.165, 1.54) is 16.5 Å². The second kappa shape index (κ2) is 7.84. The lowest BCUT2D eigenvalue weighted by molar-refractivity contribution is 0.545. The molecule has 0 aliphatic heterocycles. The molecular weight excluding hydrogens is 382 g/mol. The number of fused-ring (bicyclic) bond motifs is 2. The Kier molecular flexibility index (Phi) is 4.86. The van der Waals surface area contributed by atoms with Crippen LogP contribution in [-0.4, -0.2) is 19.5 Å². The van der Waals surface area contributed by atoms with Gasteiger partial charge < -0.3 is 9.88 Å². The van der Waals surface area contributed by atoms with Gasteiger partial charge in [-0.05, 0) is 52.8 Å². The number of nitrogens with one attached hydrogen (secondary N) is 1. The molecule has 5 nitrogen and oxygen atoms in total. The maximum absolute atomic E-state index is 4.65. The molecular formula is C26H25N5. The Bertz CT molecular complexity index is 1350. The van der Waals surface area contributed by atoms with E-state index in [4.69, 9.17) is 0 Å². The maximum atomic E-state index is 4.65. The molecule has 1 atom stereocenters. The van der Waals surface area contributed by atoms with Crippen LogP contribution in [0.3, 0.4) is 0 Å². The van der Waals surface area contributed by atoms with Gasteiger partial charge in [0.15, 0.2) is 0 Å². The lowest BCUT2D eigenvalue weighted by Crippen LogP contribution is -2.17. The first-order valence-corrected chi connectivity index (χ1v) is 10.6. The van der Waals surface area contributed by atoms with Gasteiger partial charge in [-0.1, -0.05) is 32.0 Å². The van der Waals surface area contributed by atoms with Crippen LogP contribution in [-0.2, 0) is 7.05 Å². The smallest absolute Gasteiger partial charge is 0.0966 e. The van der Waals surface area contributed by atoms with E-state index in [1.54, 1.807) is 12.4 Å². The SMILES string of the molecule is CC(C)C(Nc1cc(-c2ccc3ccn(C)c3c2)c2nccnc2c1)c1cccnc1. The minimum Gasteiger partial charge on any atom is -0.378 e. The fourth-order valence-electron chi connectivity index (χ4n) is 4.18. The standard InChI is InChI=1S/C26H25N5/c1-17(2)25(20-5-4-9-27-16-20)30-21-14-22(26-23(15-21)28-10-11-29-26)19-7-6-18-8-12-31(3)24(18)13-19/h4-17,25,30H,1-3H3. The molecule has 3 aromatic heterocycles. The van der Waals surface area contributed by atoms with Crippen LogP contribution in [0.5, 0.6) is 0 Å². The van der Waals surface area contributed by atoms with E-state index in [1.807, 2.05) is 18.5 Å². The molecule has 5 heteroatoms. The van der Waals surface area contributed by atoms with Gasteiger partial charge in [0.25, 0.3) is 0 Å². The molecule has 1 unspecified atom stereocenters. The van der Waals surface area contributed by atoms with Gasteiger partial charge in [-0.25, -0.2) is 0 Å². The van der Waals surface area contributed by atoms with Crippen LogP contribution >= 0.6 is 0 Å². The molecule has 0 spiro atoms. The number of benzene rings is 2. The maximum Gasteiger partial charge on any atom is 0.0966 e. The van der Waals surface area contributed by atoms with Crippen molar-refractivity contribution in [3.05, 3.63) is 85.1 Å². The Labute approximate surface area is 181 Å². The monoisotopic (exact) mass is 407 g/mol. The summed E-state index contributed by atoms with van der Waals surface area (Å²) in [5.41, 5.74) is 7.38. The second-order valence-corrected chi connectivity index (χ2v) is 8.30. The molecule has 0 saturated carbocycles. The number of anilines is 1. The molecule has 31 heavy (non-hydrogen) atoms. The van der Waals surface area contributed by atoms with Crippen molar-refractivity contribution in [2.75, 3.05) is 5.32 Å². The highest BCUT2D eigenvalue weighted by molar-refractivity contribution is 5.97. The van der Waals surface area contributed by atoms with Crippen molar-refractivity contribution in [2.45, 2.75) is 19.9 Å². The van der Waals surface area contributed by atoms with Crippen LogP contribution in [0.1, 0.15) is 25.5 Å². The van der Waals surface area contributed by atoms with Crippen molar-refractivity contribution in [1.82, 2.24) is 19.5 Å². The van der Waals surface area contributed by atoms with Gasteiger partial charge >= 0.3 is 0 Å². The Hall–Kier alpha value is -3.73. The highest BCUT2D eigenvalue weighted by atomic mass is 14.9. The van der Waals surface area contributed by atoms with Crippen molar-refractivity contribution < 1.29 is 0 Å². The quantitative estimate of drug-likeness (QED) is 0.389. The molecule has 0 bridgehead atoms. The third kappa shape index (κ3) is 3.63. The molecule has 0 fully saturated rings. The molecule has 5 aromatic rings. The predicted octanol–water partition coefficient (Wildman–Crippen LogP) is 5.99. The van der Waals surface area contributed by atoms with Gasteiger partial charge in [-0.15, -0.1) is 0 Å². The molecule has 0 aliphatic rings. The number of hydrogen-bond donors (Lipinski definition) is 1. The average Bonchev–Trinajstić information content (AvgIpc) is 3.17. The minimum atomic E-state index is 0.144. The molecule has 5 rings (SSSR count). The number of nitrogens with zero attached hydrogens (tertiary/aromatic N) is 4. The van der Waals surface area contributed by atoms with Gasteiger partial charge in [0.2, 0.25) is 0 Å². The average molecular weight is 408 g/mol. The van der Waals surface area contributed by atoms with Crippen LogP contribution in [0.4, 0.5) is 5.69 Å². The third-order valence-corrected chi connectivity index (χ3v) is 5.81. The third-order valence-electron chi connectivity index (χ3n) is 5.81. The summed E-state index contributed by atoms with van der Waals surface area (Å²) in [5, 5.41) is 4.96. The second-order valence-electron chi connectivity index (χ2n) is 8.30. The van der Waals surface area contributed by atoms with Crippen LogP contribution in [0.15, 0.2) is 79.5 Å². The van der Waals surface area contributed by atoms with Crippen molar-refractivity contribution in [3.63, 3.8) is 0 Å². The molecule has 0 aliphatic carbocycles. The summed E-state index contributed by atoms with van der Waals surface area (Å²) >= 11 is 0. The Morgan fingerprint density at radius 1 is 0.935 bits per heavy atom. The summed E-state index contributed by atoms with van der Waals surface area (Å²) in [6.45, 7) is 4.44. The van der Waals surface area contributed by atoms with Crippen molar-refractivity contribution >= 4 is 27.6 Å². The highest BCUT2D eigenvalue weighted by Crippen LogP contribution is 2.34. The van der Waals surface area contributed by atoms with Crippen LogP contribution in [0.2, 0.25) is 0 Å². The van der Waals surface area contributed by atoms with Gasteiger partial charge in [-0.2, -0.15) is 0 Å². The first-order chi connectivity index (χ1) is 15.1. The summed E-state index contributed by atoms with van der Waals surface area (Å²) < 4.78 is 2.14. The summed E-state index contributed by atoms with van der Waals surface area (Å²) in [6, 6.07) is 17.2. The fourth-order valence-corrected chi connectivity index (χ4v) is 4.18. The zero-order valence-corrected chi connectivity index (χ0v) is 17.9. The van der Waals surface area contributed by atoms with Crippen molar-refractivity contribution in [1.29, 1.82) is 0 Å². The first kappa shape index (κ1) is 19.2.